The van der Waals surface area contributed by atoms with Gasteiger partial charge in [-0.2, -0.15) is 5.26 Å². The van der Waals surface area contributed by atoms with Crippen LogP contribution in [0.25, 0.3) is 0 Å². The van der Waals surface area contributed by atoms with Crippen LogP contribution >= 0.6 is 0 Å². The summed E-state index contributed by atoms with van der Waals surface area (Å²) in [6.45, 7) is 2.93. The van der Waals surface area contributed by atoms with Crippen molar-refractivity contribution < 1.29 is 14.7 Å². The monoisotopic (exact) mass is 313 g/mol. The van der Waals surface area contributed by atoms with Gasteiger partial charge in [0.2, 0.25) is 0 Å². The van der Waals surface area contributed by atoms with Crippen molar-refractivity contribution in [2.24, 2.45) is 5.92 Å². The standard InChI is InChI=1S/C17H19N3O3/c1-12-4-2-3-5-15(12)19-16(21)14(10-18)11-20-8-6-13(7-9-20)17(22)23/h2-5,11,13H,6-9H2,1H3,(H,19,21)(H,22,23)/b14-11-. The van der Waals surface area contributed by atoms with Gasteiger partial charge in [-0.05, 0) is 31.4 Å². The lowest BCUT2D eigenvalue weighted by Crippen LogP contribution is -2.33. The van der Waals surface area contributed by atoms with Gasteiger partial charge in [-0.1, -0.05) is 18.2 Å². The second-order valence-corrected chi connectivity index (χ2v) is 5.57. The summed E-state index contributed by atoms with van der Waals surface area (Å²) in [5.74, 6) is -1.58. The number of piperidine rings is 1. The zero-order chi connectivity index (χ0) is 16.8. The third kappa shape index (κ3) is 4.33. The van der Waals surface area contributed by atoms with Crippen LogP contribution in [0, 0.1) is 24.2 Å². The Bertz CT molecular complexity index is 668. The van der Waals surface area contributed by atoms with Crippen LogP contribution < -0.4 is 5.32 Å². The van der Waals surface area contributed by atoms with E-state index >= 15 is 0 Å². The van der Waals surface area contributed by atoms with Crippen molar-refractivity contribution in [3.63, 3.8) is 0 Å². The van der Waals surface area contributed by atoms with Gasteiger partial charge in [0.25, 0.3) is 5.91 Å². The number of aliphatic carboxylic acids is 1. The first-order valence-corrected chi connectivity index (χ1v) is 7.47. The molecule has 1 aliphatic heterocycles. The molecule has 2 N–H and O–H groups in total. The molecule has 0 unspecified atom stereocenters. The molecule has 2 rings (SSSR count). The van der Waals surface area contributed by atoms with Crippen LogP contribution in [-0.4, -0.2) is 35.0 Å². The van der Waals surface area contributed by atoms with Crippen LogP contribution in [0.1, 0.15) is 18.4 Å². The van der Waals surface area contributed by atoms with E-state index in [0.717, 1.165) is 5.56 Å². The fraction of sp³-hybridized carbons (Fsp3) is 0.353. The molecule has 1 saturated heterocycles. The van der Waals surface area contributed by atoms with E-state index in [1.54, 1.807) is 6.07 Å². The highest BCUT2D eigenvalue weighted by Gasteiger charge is 2.24. The number of hydrogen-bond acceptors (Lipinski definition) is 4. The second kappa shape index (κ2) is 7.45. The number of carboxylic acids is 1. The SMILES string of the molecule is Cc1ccccc1NC(=O)/C(C#N)=C\N1CCC(C(=O)O)CC1. The molecule has 0 saturated carbocycles. The molecule has 0 radical (unpaired) electrons. The molecule has 1 aromatic rings. The smallest absolute Gasteiger partial charge is 0.306 e. The normalized spacial score (nSPS) is 15.8. The number of anilines is 1. The molecule has 1 aromatic carbocycles. The molecule has 0 aromatic heterocycles. The highest BCUT2D eigenvalue weighted by Crippen LogP contribution is 2.19. The largest absolute Gasteiger partial charge is 0.481 e. The van der Waals surface area contributed by atoms with E-state index in [1.165, 1.54) is 6.20 Å². The predicted octanol–water partition coefficient (Wildman–Crippen LogP) is 2.14. The lowest BCUT2D eigenvalue weighted by Gasteiger charge is -2.29. The van der Waals surface area contributed by atoms with Gasteiger partial charge >= 0.3 is 5.97 Å². The Kier molecular flexibility index (Phi) is 5.36. The maximum atomic E-state index is 12.2. The first kappa shape index (κ1) is 16.6. The Labute approximate surface area is 135 Å². The van der Waals surface area contributed by atoms with Crippen LogP contribution in [0.5, 0.6) is 0 Å². The Morgan fingerprint density at radius 2 is 2.00 bits per heavy atom. The highest BCUT2D eigenvalue weighted by atomic mass is 16.4. The zero-order valence-electron chi connectivity index (χ0n) is 13.0. The van der Waals surface area contributed by atoms with Crippen LogP contribution in [0.15, 0.2) is 36.0 Å². The number of rotatable bonds is 4. The van der Waals surface area contributed by atoms with Crippen LogP contribution in [0.4, 0.5) is 5.69 Å². The van der Waals surface area contributed by atoms with Crippen molar-refractivity contribution in [3.05, 3.63) is 41.6 Å². The van der Waals surface area contributed by atoms with Gasteiger partial charge in [0.15, 0.2) is 0 Å². The lowest BCUT2D eigenvalue weighted by molar-refractivity contribution is -0.143. The molecular weight excluding hydrogens is 294 g/mol. The predicted molar refractivity (Wildman–Crippen MR) is 85.4 cm³/mol. The Balaban J connectivity index is 2.02. The minimum atomic E-state index is -0.786. The average molecular weight is 313 g/mol. The fourth-order valence-corrected chi connectivity index (χ4v) is 2.50. The number of aryl methyl sites for hydroxylation is 1. The van der Waals surface area contributed by atoms with E-state index in [1.807, 2.05) is 36.1 Å². The number of likely N-dealkylation sites (tertiary alicyclic amines) is 1. The molecule has 6 heteroatoms. The molecule has 1 heterocycles. The number of nitrogens with zero attached hydrogens (tertiary/aromatic N) is 2. The molecule has 0 aliphatic carbocycles. The minimum absolute atomic E-state index is 0.0158. The summed E-state index contributed by atoms with van der Waals surface area (Å²) < 4.78 is 0. The molecule has 0 atom stereocenters. The number of carbonyl (C=O) groups is 2. The maximum absolute atomic E-state index is 12.2. The van der Waals surface area contributed by atoms with Crippen molar-refractivity contribution in [2.45, 2.75) is 19.8 Å². The Morgan fingerprint density at radius 1 is 1.35 bits per heavy atom. The zero-order valence-corrected chi connectivity index (χ0v) is 13.0. The molecule has 23 heavy (non-hydrogen) atoms. The number of para-hydroxylation sites is 1. The fourth-order valence-electron chi connectivity index (χ4n) is 2.50. The van der Waals surface area contributed by atoms with E-state index < -0.39 is 11.9 Å². The van der Waals surface area contributed by atoms with Gasteiger partial charge in [-0.15, -0.1) is 0 Å². The molecule has 6 nitrogen and oxygen atoms in total. The van der Waals surface area contributed by atoms with Gasteiger partial charge in [0.05, 0.1) is 5.92 Å². The summed E-state index contributed by atoms with van der Waals surface area (Å²) in [5.41, 5.74) is 1.60. The summed E-state index contributed by atoms with van der Waals surface area (Å²) in [5, 5.41) is 20.9. The van der Waals surface area contributed by atoms with Crippen molar-refractivity contribution >= 4 is 17.6 Å². The summed E-state index contributed by atoms with van der Waals surface area (Å²) in [4.78, 5) is 25.0. The Hall–Kier alpha value is -2.81. The lowest BCUT2D eigenvalue weighted by atomic mass is 9.97. The van der Waals surface area contributed by atoms with Crippen molar-refractivity contribution in [1.82, 2.24) is 4.90 Å². The highest BCUT2D eigenvalue weighted by molar-refractivity contribution is 6.06. The first-order chi connectivity index (χ1) is 11.0. The quantitative estimate of drug-likeness (QED) is 0.656. The molecular formula is C17H19N3O3. The summed E-state index contributed by atoms with van der Waals surface area (Å²) in [6, 6.07) is 9.26. The first-order valence-electron chi connectivity index (χ1n) is 7.47. The van der Waals surface area contributed by atoms with E-state index in [4.69, 9.17) is 5.11 Å². The topological polar surface area (TPSA) is 93.4 Å². The van der Waals surface area contributed by atoms with Gasteiger partial charge in [-0.3, -0.25) is 9.59 Å². The molecule has 1 aliphatic rings. The molecule has 0 bridgehead atoms. The number of carboxylic acid groups (broad SMARTS) is 1. The third-order valence-electron chi connectivity index (χ3n) is 3.95. The van der Waals surface area contributed by atoms with Gasteiger partial charge in [0, 0.05) is 25.0 Å². The van der Waals surface area contributed by atoms with Crippen LogP contribution in [0.3, 0.4) is 0 Å². The number of nitriles is 1. The van der Waals surface area contributed by atoms with Gasteiger partial charge < -0.3 is 15.3 Å². The minimum Gasteiger partial charge on any atom is -0.481 e. The maximum Gasteiger partial charge on any atom is 0.306 e. The Morgan fingerprint density at radius 3 is 2.57 bits per heavy atom. The van der Waals surface area contributed by atoms with Crippen LogP contribution in [0.2, 0.25) is 0 Å². The van der Waals surface area contributed by atoms with Gasteiger partial charge in [-0.25, -0.2) is 0 Å². The van der Waals surface area contributed by atoms with E-state index in [-0.39, 0.29) is 11.5 Å². The van der Waals surface area contributed by atoms with Crippen molar-refractivity contribution in [2.75, 3.05) is 18.4 Å². The number of amides is 1. The number of nitrogens with one attached hydrogen (secondary N) is 1. The third-order valence-corrected chi connectivity index (χ3v) is 3.95. The average Bonchev–Trinajstić information content (AvgIpc) is 2.55. The molecule has 1 amide bonds. The number of hydrogen-bond donors (Lipinski definition) is 2. The summed E-state index contributed by atoms with van der Waals surface area (Å²) >= 11 is 0. The van der Waals surface area contributed by atoms with Crippen LogP contribution in [-0.2, 0) is 9.59 Å². The molecule has 1 fully saturated rings. The number of benzene rings is 1. The van der Waals surface area contributed by atoms with E-state index in [0.29, 0.717) is 31.6 Å². The van der Waals surface area contributed by atoms with Crippen molar-refractivity contribution in [3.8, 4) is 6.07 Å². The molecule has 120 valence electrons. The second-order valence-electron chi connectivity index (χ2n) is 5.57. The summed E-state index contributed by atoms with van der Waals surface area (Å²) in [6.07, 6.45) is 2.56. The van der Waals surface area contributed by atoms with Gasteiger partial charge in [0.1, 0.15) is 11.6 Å². The summed E-state index contributed by atoms with van der Waals surface area (Å²) in [7, 11) is 0. The molecule has 0 spiro atoms. The van der Waals surface area contributed by atoms with E-state index in [9.17, 15) is 14.9 Å². The van der Waals surface area contributed by atoms with Crippen molar-refractivity contribution in [1.29, 1.82) is 5.26 Å². The van der Waals surface area contributed by atoms with E-state index in [2.05, 4.69) is 5.32 Å². The number of carbonyl (C=O) groups excluding carboxylic acids is 1.